The number of aromatic nitrogens is 1. The SMILES string of the molecule is CC(C)(C)[C@H](NC(=O)c1cc2ccccc2[nH]1)C(=O)N1C[C@@H]2C[C@H]1CN2CCNS(=O)(=O)c1cc(Cl)ccc1Cl. The van der Waals surface area contributed by atoms with Crippen LogP contribution in [0.15, 0.2) is 53.4 Å². The van der Waals surface area contributed by atoms with Crippen LogP contribution in [-0.4, -0.2) is 79.3 Å². The molecule has 40 heavy (non-hydrogen) atoms. The summed E-state index contributed by atoms with van der Waals surface area (Å²) < 4.78 is 28.1. The minimum absolute atomic E-state index is 0.00584. The van der Waals surface area contributed by atoms with Crippen molar-refractivity contribution in [3.8, 4) is 0 Å². The Labute approximate surface area is 244 Å². The molecule has 5 rings (SSSR count). The first-order chi connectivity index (χ1) is 18.8. The summed E-state index contributed by atoms with van der Waals surface area (Å²) in [4.78, 5) is 34.1. The standard InChI is InChI=1S/C28H33Cl2N5O4S/c1-28(2,3)25(33-26(36)23-12-17-6-4-5-7-22(17)32-23)27(37)35-16-19-14-20(35)15-34(19)11-10-31-40(38,39)24-13-18(29)8-9-21(24)30/h4-9,12-13,19-20,25,31-32H,10-11,14-16H2,1-3H3,(H,33,36)/t19-,20-,25+/m0/s1. The number of piperazine rings is 1. The number of para-hydroxylation sites is 1. The molecule has 3 atom stereocenters. The summed E-state index contributed by atoms with van der Waals surface area (Å²) in [6.45, 7) is 7.71. The molecule has 2 fully saturated rings. The highest BCUT2D eigenvalue weighted by Gasteiger charge is 2.48. The topological polar surface area (TPSA) is 115 Å². The summed E-state index contributed by atoms with van der Waals surface area (Å²) in [5.41, 5.74) is 0.778. The van der Waals surface area contributed by atoms with Crippen LogP contribution >= 0.6 is 23.2 Å². The lowest BCUT2D eigenvalue weighted by Gasteiger charge is -2.39. The maximum atomic E-state index is 13.8. The van der Waals surface area contributed by atoms with Crippen LogP contribution < -0.4 is 10.0 Å². The fraction of sp³-hybridized carbons (Fsp3) is 0.429. The molecule has 3 N–H and O–H groups in total. The molecule has 2 saturated heterocycles. The normalized spacial score (nSPS) is 20.3. The van der Waals surface area contributed by atoms with Crippen LogP contribution in [0, 0.1) is 5.41 Å². The smallest absolute Gasteiger partial charge is 0.268 e. The fourth-order valence-corrected chi connectivity index (χ4v) is 7.38. The van der Waals surface area contributed by atoms with Crippen LogP contribution in [0.4, 0.5) is 0 Å². The maximum absolute atomic E-state index is 13.8. The zero-order chi connectivity index (χ0) is 28.8. The fourth-order valence-electron chi connectivity index (χ4n) is 5.60. The number of carbonyl (C=O) groups is 2. The number of sulfonamides is 1. The molecule has 0 spiro atoms. The minimum Gasteiger partial charge on any atom is -0.351 e. The van der Waals surface area contributed by atoms with Crippen LogP contribution in [-0.2, 0) is 14.8 Å². The van der Waals surface area contributed by atoms with Gasteiger partial charge in [0.15, 0.2) is 0 Å². The molecule has 3 heterocycles. The Hall–Kier alpha value is -2.63. The van der Waals surface area contributed by atoms with Gasteiger partial charge in [0.05, 0.1) is 5.02 Å². The Morgan fingerprint density at radius 1 is 1.07 bits per heavy atom. The summed E-state index contributed by atoms with van der Waals surface area (Å²) in [5.74, 6) is -0.414. The van der Waals surface area contributed by atoms with Crippen LogP contribution in [0.2, 0.25) is 10.0 Å². The van der Waals surface area contributed by atoms with Crippen LogP contribution in [0.5, 0.6) is 0 Å². The number of aromatic amines is 1. The molecule has 2 aliphatic rings. The molecule has 3 aromatic rings. The quantitative estimate of drug-likeness (QED) is 0.360. The van der Waals surface area contributed by atoms with Crippen LogP contribution in [0.25, 0.3) is 10.9 Å². The molecule has 0 radical (unpaired) electrons. The summed E-state index contributed by atoms with van der Waals surface area (Å²) in [5, 5.41) is 4.31. The molecule has 9 nitrogen and oxygen atoms in total. The van der Waals surface area contributed by atoms with E-state index in [1.165, 1.54) is 18.2 Å². The van der Waals surface area contributed by atoms with E-state index in [4.69, 9.17) is 23.2 Å². The number of halogens is 2. The van der Waals surface area contributed by atoms with Crippen molar-refractivity contribution in [3.05, 3.63) is 64.3 Å². The molecular formula is C28H33Cl2N5O4S. The Kier molecular flexibility index (Phi) is 7.93. The number of hydrogen-bond acceptors (Lipinski definition) is 5. The van der Waals surface area contributed by atoms with Gasteiger partial charge >= 0.3 is 0 Å². The van der Waals surface area contributed by atoms with Gasteiger partial charge in [0.25, 0.3) is 5.91 Å². The number of nitrogens with one attached hydrogen (secondary N) is 3. The first kappa shape index (κ1) is 28.9. The summed E-state index contributed by atoms with van der Waals surface area (Å²) in [7, 11) is -3.81. The zero-order valence-corrected chi connectivity index (χ0v) is 24.9. The van der Waals surface area contributed by atoms with E-state index in [0.717, 1.165) is 17.3 Å². The third-order valence-corrected chi connectivity index (χ3v) is 9.85. The zero-order valence-electron chi connectivity index (χ0n) is 22.6. The third-order valence-electron chi connectivity index (χ3n) is 7.67. The van der Waals surface area contributed by atoms with Gasteiger partial charge in [-0.05, 0) is 42.2 Å². The van der Waals surface area contributed by atoms with Gasteiger partial charge in [0.2, 0.25) is 15.9 Å². The van der Waals surface area contributed by atoms with Crippen molar-refractivity contribution in [3.63, 3.8) is 0 Å². The molecule has 2 aromatic carbocycles. The van der Waals surface area contributed by atoms with Crippen molar-refractivity contribution < 1.29 is 18.0 Å². The second-order valence-corrected chi connectivity index (χ2v) is 14.1. The highest BCUT2D eigenvalue weighted by Crippen LogP contribution is 2.33. The van der Waals surface area contributed by atoms with Gasteiger partial charge in [-0.3, -0.25) is 14.5 Å². The van der Waals surface area contributed by atoms with E-state index in [2.05, 4.69) is 19.9 Å². The summed E-state index contributed by atoms with van der Waals surface area (Å²) >= 11 is 12.0. The Bertz CT molecular complexity index is 1520. The summed E-state index contributed by atoms with van der Waals surface area (Å²) in [6.07, 6.45) is 0.811. The maximum Gasteiger partial charge on any atom is 0.268 e. The Morgan fingerprint density at radius 3 is 2.50 bits per heavy atom. The molecule has 0 saturated carbocycles. The molecule has 12 heteroatoms. The molecule has 2 amide bonds. The van der Waals surface area contributed by atoms with Gasteiger partial charge in [-0.15, -0.1) is 0 Å². The molecule has 214 valence electrons. The number of hydrogen-bond donors (Lipinski definition) is 3. The number of fused-ring (bicyclic) bond motifs is 3. The molecule has 0 aliphatic carbocycles. The lowest BCUT2D eigenvalue weighted by molar-refractivity contribution is -0.138. The number of likely N-dealkylation sites (tertiary alicyclic amines) is 2. The van der Waals surface area contributed by atoms with E-state index in [1.54, 1.807) is 6.07 Å². The van der Waals surface area contributed by atoms with Gasteiger partial charge < -0.3 is 15.2 Å². The van der Waals surface area contributed by atoms with Gasteiger partial charge in [0.1, 0.15) is 16.6 Å². The lowest BCUT2D eigenvalue weighted by Crippen LogP contribution is -2.59. The van der Waals surface area contributed by atoms with Gasteiger partial charge in [-0.25, -0.2) is 13.1 Å². The lowest BCUT2D eigenvalue weighted by atomic mass is 9.85. The van der Waals surface area contributed by atoms with E-state index in [0.29, 0.717) is 25.3 Å². The van der Waals surface area contributed by atoms with E-state index in [1.807, 2.05) is 49.9 Å². The van der Waals surface area contributed by atoms with Crippen LogP contribution in [0.1, 0.15) is 37.7 Å². The minimum atomic E-state index is -3.81. The first-order valence-electron chi connectivity index (χ1n) is 13.2. The number of carbonyl (C=O) groups excluding carboxylic acids is 2. The van der Waals surface area contributed by atoms with Crippen molar-refractivity contribution in [2.24, 2.45) is 5.41 Å². The van der Waals surface area contributed by atoms with Crippen molar-refractivity contribution in [1.29, 1.82) is 0 Å². The molecule has 2 aliphatic heterocycles. The van der Waals surface area contributed by atoms with E-state index < -0.39 is 21.5 Å². The number of H-pyrrole nitrogens is 1. The number of amides is 2. The van der Waals surface area contributed by atoms with Gasteiger partial charge in [-0.1, -0.05) is 62.2 Å². The third kappa shape index (κ3) is 5.87. The van der Waals surface area contributed by atoms with Crippen molar-refractivity contribution >= 4 is 55.9 Å². The Balaban J connectivity index is 1.19. The first-order valence-corrected chi connectivity index (χ1v) is 15.5. The average molecular weight is 607 g/mol. The monoisotopic (exact) mass is 605 g/mol. The molecular weight excluding hydrogens is 573 g/mol. The average Bonchev–Trinajstić information content (AvgIpc) is 3.61. The number of rotatable bonds is 8. The van der Waals surface area contributed by atoms with Gasteiger partial charge in [0, 0.05) is 54.2 Å². The largest absolute Gasteiger partial charge is 0.351 e. The van der Waals surface area contributed by atoms with Crippen molar-refractivity contribution in [2.75, 3.05) is 26.2 Å². The molecule has 0 unspecified atom stereocenters. The van der Waals surface area contributed by atoms with E-state index in [-0.39, 0.29) is 45.4 Å². The van der Waals surface area contributed by atoms with Crippen LogP contribution in [0.3, 0.4) is 0 Å². The van der Waals surface area contributed by atoms with Crippen molar-refractivity contribution in [2.45, 2.75) is 50.2 Å². The number of nitrogens with zero attached hydrogens (tertiary/aromatic N) is 2. The Morgan fingerprint density at radius 2 is 1.82 bits per heavy atom. The van der Waals surface area contributed by atoms with E-state index >= 15 is 0 Å². The highest BCUT2D eigenvalue weighted by molar-refractivity contribution is 7.89. The summed E-state index contributed by atoms with van der Waals surface area (Å²) in [6, 6.07) is 13.2. The molecule has 2 bridgehead atoms. The predicted molar refractivity (Wildman–Crippen MR) is 156 cm³/mol. The second-order valence-electron chi connectivity index (χ2n) is 11.5. The predicted octanol–water partition coefficient (Wildman–Crippen LogP) is 3.88. The van der Waals surface area contributed by atoms with Crippen molar-refractivity contribution in [1.82, 2.24) is 24.8 Å². The molecule has 1 aromatic heterocycles. The second kappa shape index (κ2) is 11.0. The van der Waals surface area contributed by atoms with E-state index in [9.17, 15) is 18.0 Å². The highest BCUT2D eigenvalue weighted by atomic mass is 35.5. The number of benzene rings is 2. The van der Waals surface area contributed by atoms with Gasteiger partial charge in [-0.2, -0.15) is 0 Å².